The highest BCUT2D eigenvalue weighted by molar-refractivity contribution is 7.98. The van der Waals surface area contributed by atoms with Crippen LogP contribution >= 0.6 is 35.0 Å². The first-order valence-electron chi connectivity index (χ1n) is 8.77. The molecule has 0 aliphatic rings. The second kappa shape index (κ2) is 9.50. The Morgan fingerprint density at radius 1 is 1.14 bits per heavy atom. The van der Waals surface area contributed by atoms with Gasteiger partial charge in [0.1, 0.15) is 12.4 Å². The molecule has 0 N–H and O–H groups in total. The average Bonchev–Trinajstić information content (AvgIpc) is 3.05. The van der Waals surface area contributed by atoms with Crippen molar-refractivity contribution in [2.24, 2.45) is 0 Å². The molecule has 0 saturated heterocycles. The number of benzene rings is 2. The number of aromatic nitrogens is 3. The highest BCUT2D eigenvalue weighted by atomic mass is 35.5. The summed E-state index contributed by atoms with van der Waals surface area (Å²) in [7, 11) is 0. The Kier molecular flexibility index (Phi) is 7.05. The Hall–Kier alpha value is -1.95. The molecule has 146 valence electrons. The van der Waals surface area contributed by atoms with Gasteiger partial charge in [-0.15, -0.1) is 16.8 Å². The molecule has 0 spiro atoms. The van der Waals surface area contributed by atoms with Crippen LogP contribution in [0.2, 0.25) is 10.0 Å². The van der Waals surface area contributed by atoms with Crippen molar-refractivity contribution in [3.05, 3.63) is 81.6 Å². The van der Waals surface area contributed by atoms with Gasteiger partial charge in [0.25, 0.3) is 0 Å². The predicted octanol–water partition coefficient (Wildman–Crippen LogP) is 6.26. The van der Waals surface area contributed by atoms with Crippen LogP contribution in [0, 0.1) is 13.8 Å². The highest BCUT2D eigenvalue weighted by Crippen LogP contribution is 2.27. The van der Waals surface area contributed by atoms with E-state index in [1.165, 1.54) is 0 Å². The van der Waals surface area contributed by atoms with Crippen LogP contribution in [-0.4, -0.2) is 14.8 Å². The van der Waals surface area contributed by atoms with Gasteiger partial charge in [-0.05, 0) is 54.8 Å². The lowest BCUT2D eigenvalue weighted by molar-refractivity contribution is 0.289. The fourth-order valence-corrected chi connectivity index (χ4v) is 3.99. The summed E-state index contributed by atoms with van der Waals surface area (Å²) in [6.07, 6.45) is 1.83. The summed E-state index contributed by atoms with van der Waals surface area (Å²) in [5, 5.41) is 11.0. The molecule has 0 bridgehead atoms. The first-order chi connectivity index (χ1) is 13.5. The van der Waals surface area contributed by atoms with E-state index in [9.17, 15) is 0 Å². The number of rotatable bonds is 8. The molecule has 0 radical (unpaired) electrons. The van der Waals surface area contributed by atoms with E-state index in [1.54, 1.807) is 11.8 Å². The van der Waals surface area contributed by atoms with Crippen LogP contribution in [0.1, 0.15) is 22.5 Å². The Labute approximate surface area is 179 Å². The van der Waals surface area contributed by atoms with E-state index in [0.29, 0.717) is 13.2 Å². The van der Waals surface area contributed by atoms with Crippen LogP contribution in [0.25, 0.3) is 0 Å². The summed E-state index contributed by atoms with van der Waals surface area (Å²) in [5.41, 5.74) is 3.11. The van der Waals surface area contributed by atoms with E-state index in [2.05, 4.69) is 16.8 Å². The van der Waals surface area contributed by atoms with Crippen molar-refractivity contribution in [1.82, 2.24) is 14.8 Å². The largest absolute Gasteiger partial charge is 0.486 e. The van der Waals surface area contributed by atoms with E-state index >= 15 is 0 Å². The molecule has 0 fully saturated rings. The van der Waals surface area contributed by atoms with Gasteiger partial charge in [0, 0.05) is 22.3 Å². The van der Waals surface area contributed by atoms with E-state index < -0.39 is 0 Å². The predicted molar refractivity (Wildman–Crippen MR) is 116 cm³/mol. The second-order valence-electron chi connectivity index (χ2n) is 6.38. The zero-order valence-electron chi connectivity index (χ0n) is 15.8. The van der Waals surface area contributed by atoms with Crippen molar-refractivity contribution in [2.45, 2.75) is 37.9 Å². The van der Waals surface area contributed by atoms with Crippen LogP contribution in [0.15, 0.2) is 54.2 Å². The second-order valence-corrected chi connectivity index (χ2v) is 8.13. The van der Waals surface area contributed by atoms with Crippen molar-refractivity contribution in [2.75, 3.05) is 0 Å². The van der Waals surface area contributed by atoms with Crippen LogP contribution in [0.4, 0.5) is 0 Å². The maximum Gasteiger partial charge on any atom is 0.191 e. The SMILES string of the molecule is C=CCn1c(COc2cc(C)c(Cl)c(C)c2)nnc1SCc1cccc(Cl)c1. The molecule has 1 aromatic heterocycles. The number of thioether (sulfide) groups is 1. The normalized spacial score (nSPS) is 10.9. The first-order valence-corrected chi connectivity index (χ1v) is 10.5. The Morgan fingerprint density at radius 2 is 1.89 bits per heavy atom. The number of aryl methyl sites for hydroxylation is 2. The third kappa shape index (κ3) is 5.10. The molecule has 28 heavy (non-hydrogen) atoms. The van der Waals surface area contributed by atoms with Gasteiger partial charge in [0.2, 0.25) is 0 Å². The zero-order chi connectivity index (χ0) is 20.1. The van der Waals surface area contributed by atoms with Crippen molar-refractivity contribution >= 4 is 35.0 Å². The third-order valence-corrected chi connectivity index (χ3v) is 6.01. The minimum Gasteiger partial charge on any atom is -0.486 e. The average molecular weight is 434 g/mol. The summed E-state index contributed by atoms with van der Waals surface area (Å²) in [6.45, 7) is 8.70. The minimum atomic E-state index is 0.319. The monoisotopic (exact) mass is 433 g/mol. The van der Waals surface area contributed by atoms with Crippen molar-refractivity contribution in [3.8, 4) is 5.75 Å². The van der Waals surface area contributed by atoms with Crippen molar-refractivity contribution in [3.63, 3.8) is 0 Å². The fourth-order valence-electron chi connectivity index (χ4n) is 2.76. The molecule has 3 aromatic rings. The van der Waals surface area contributed by atoms with Crippen LogP contribution < -0.4 is 4.74 Å². The Morgan fingerprint density at radius 3 is 2.57 bits per heavy atom. The molecule has 0 atom stereocenters. The van der Waals surface area contributed by atoms with Crippen LogP contribution in [0.5, 0.6) is 5.75 Å². The molecule has 3 rings (SSSR count). The van der Waals surface area contributed by atoms with Gasteiger partial charge < -0.3 is 4.74 Å². The lowest BCUT2D eigenvalue weighted by atomic mass is 10.1. The summed E-state index contributed by atoms with van der Waals surface area (Å²) < 4.78 is 7.96. The summed E-state index contributed by atoms with van der Waals surface area (Å²) >= 11 is 13.9. The van der Waals surface area contributed by atoms with Gasteiger partial charge >= 0.3 is 0 Å². The van der Waals surface area contributed by atoms with Gasteiger partial charge in [-0.25, -0.2) is 0 Å². The van der Waals surface area contributed by atoms with Crippen molar-refractivity contribution in [1.29, 1.82) is 0 Å². The van der Waals surface area contributed by atoms with E-state index in [1.807, 2.05) is 60.9 Å². The van der Waals surface area contributed by atoms with E-state index in [0.717, 1.165) is 49.2 Å². The molecule has 0 saturated carbocycles. The quantitative estimate of drug-likeness (QED) is 0.310. The Bertz CT molecular complexity index is 965. The lowest BCUT2D eigenvalue weighted by Crippen LogP contribution is -2.07. The maximum atomic E-state index is 6.23. The van der Waals surface area contributed by atoms with Crippen molar-refractivity contribution < 1.29 is 4.74 Å². The molecule has 0 amide bonds. The highest BCUT2D eigenvalue weighted by Gasteiger charge is 2.13. The molecule has 0 aliphatic carbocycles. The Balaban J connectivity index is 1.72. The molecule has 0 aliphatic heterocycles. The molecule has 1 heterocycles. The molecule has 2 aromatic carbocycles. The number of ether oxygens (including phenoxy) is 1. The molecule has 7 heteroatoms. The van der Waals surface area contributed by atoms with Gasteiger partial charge in [-0.2, -0.15) is 0 Å². The standard InChI is InChI=1S/C21H21Cl2N3OS/c1-4-8-26-19(12-27-18-9-14(2)20(23)15(3)10-18)24-25-21(26)28-13-16-6-5-7-17(22)11-16/h4-7,9-11H,1,8,12-13H2,2-3H3. The lowest BCUT2D eigenvalue weighted by Gasteiger charge is -2.11. The van der Waals surface area contributed by atoms with E-state index in [-0.39, 0.29) is 0 Å². The summed E-state index contributed by atoms with van der Waals surface area (Å²) in [5.74, 6) is 2.27. The van der Waals surface area contributed by atoms with Gasteiger partial charge in [-0.3, -0.25) is 4.57 Å². The first kappa shape index (κ1) is 20.8. The summed E-state index contributed by atoms with van der Waals surface area (Å²) in [4.78, 5) is 0. The number of allylic oxidation sites excluding steroid dienone is 1. The smallest absolute Gasteiger partial charge is 0.191 e. The van der Waals surface area contributed by atoms with Gasteiger partial charge in [-0.1, -0.05) is 53.2 Å². The van der Waals surface area contributed by atoms with Gasteiger partial charge in [0.15, 0.2) is 11.0 Å². The molecular weight excluding hydrogens is 413 g/mol. The minimum absolute atomic E-state index is 0.319. The maximum absolute atomic E-state index is 6.23. The number of hydrogen-bond acceptors (Lipinski definition) is 4. The number of halogens is 2. The third-order valence-electron chi connectivity index (χ3n) is 4.14. The summed E-state index contributed by atoms with van der Waals surface area (Å²) in [6, 6.07) is 11.7. The van der Waals surface area contributed by atoms with Gasteiger partial charge in [0.05, 0.1) is 0 Å². The van der Waals surface area contributed by atoms with Crippen LogP contribution in [-0.2, 0) is 18.9 Å². The molecule has 0 unspecified atom stereocenters. The topological polar surface area (TPSA) is 39.9 Å². The fraction of sp³-hybridized carbons (Fsp3) is 0.238. The van der Waals surface area contributed by atoms with E-state index in [4.69, 9.17) is 27.9 Å². The number of nitrogens with zero attached hydrogens (tertiary/aromatic N) is 3. The zero-order valence-corrected chi connectivity index (χ0v) is 18.1. The molecular formula is C21H21Cl2N3OS. The number of hydrogen-bond donors (Lipinski definition) is 0. The molecule has 4 nitrogen and oxygen atoms in total. The van der Waals surface area contributed by atoms with Crippen LogP contribution in [0.3, 0.4) is 0 Å².